The summed E-state index contributed by atoms with van der Waals surface area (Å²) in [5.41, 5.74) is 0.738. The van der Waals surface area contributed by atoms with Gasteiger partial charge in [-0.2, -0.15) is 17.0 Å². The molecule has 3 rings (SSSR count). The predicted molar refractivity (Wildman–Crippen MR) is 124 cm³/mol. The average molecular weight is 481 g/mol. The highest BCUT2D eigenvalue weighted by Gasteiger charge is 2.28. The Morgan fingerprint density at radius 1 is 0.906 bits per heavy atom. The van der Waals surface area contributed by atoms with E-state index in [9.17, 15) is 21.6 Å². The summed E-state index contributed by atoms with van der Waals surface area (Å²) in [6.07, 6.45) is 2.73. The fraction of sp³-hybridized carbons (Fsp3) is 0.381. The van der Waals surface area contributed by atoms with Crippen LogP contribution in [-0.2, 0) is 25.0 Å². The highest BCUT2D eigenvalue weighted by molar-refractivity contribution is 7.90. The normalized spacial score (nSPS) is 15.5. The third-order valence-corrected chi connectivity index (χ3v) is 8.89. The van der Waals surface area contributed by atoms with Crippen molar-refractivity contribution in [1.82, 2.24) is 8.61 Å². The van der Waals surface area contributed by atoms with Gasteiger partial charge in [0.15, 0.2) is 0 Å². The third-order valence-electron chi connectivity index (χ3n) is 5.16. The SMILES string of the molecule is CN(C)S(=O)(=O)N(CC(=O)Nc1ccc(S(=O)(=O)N2CCCCC2)cc1)c1ccccc1. The van der Waals surface area contributed by atoms with E-state index >= 15 is 0 Å². The number of nitrogens with one attached hydrogen (secondary N) is 1. The van der Waals surface area contributed by atoms with Gasteiger partial charge < -0.3 is 5.32 Å². The lowest BCUT2D eigenvalue weighted by Crippen LogP contribution is -2.44. The van der Waals surface area contributed by atoms with Crippen LogP contribution in [0.4, 0.5) is 11.4 Å². The van der Waals surface area contributed by atoms with Crippen LogP contribution in [0, 0.1) is 0 Å². The number of rotatable bonds is 8. The van der Waals surface area contributed by atoms with Crippen LogP contribution in [0.5, 0.6) is 0 Å². The van der Waals surface area contributed by atoms with E-state index < -0.39 is 32.7 Å². The zero-order chi connectivity index (χ0) is 23.4. The van der Waals surface area contributed by atoms with Crippen molar-refractivity contribution in [2.24, 2.45) is 0 Å². The van der Waals surface area contributed by atoms with Crippen LogP contribution in [0.2, 0.25) is 0 Å². The van der Waals surface area contributed by atoms with Crippen LogP contribution in [0.1, 0.15) is 19.3 Å². The number of carbonyl (C=O) groups is 1. The molecule has 0 saturated carbocycles. The van der Waals surface area contributed by atoms with Crippen molar-refractivity contribution in [3.8, 4) is 0 Å². The maximum atomic E-state index is 12.8. The summed E-state index contributed by atoms with van der Waals surface area (Å²) in [6.45, 7) is 0.589. The Hall–Kier alpha value is -2.47. The van der Waals surface area contributed by atoms with Crippen LogP contribution in [0.25, 0.3) is 0 Å². The minimum atomic E-state index is -3.90. The number of hydrogen-bond acceptors (Lipinski definition) is 5. The van der Waals surface area contributed by atoms with E-state index in [0.717, 1.165) is 27.9 Å². The van der Waals surface area contributed by atoms with Crippen molar-refractivity contribution < 1.29 is 21.6 Å². The van der Waals surface area contributed by atoms with E-state index in [1.54, 1.807) is 30.3 Å². The molecule has 32 heavy (non-hydrogen) atoms. The number of nitrogens with zero attached hydrogens (tertiary/aromatic N) is 3. The van der Waals surface area contributed by atoms with E-state index in [4.69, 9.17) is 0 Å². The van der Waals surface area contributed by atoms with Crippen LogP contribution in [-0.4, -0.2) is 65.1 Å². The van der Waals surface area contributed by atoms with Crippen LogP contribution in [0.3, 0.4) is 0 Å². The summed E-state index contributed by atoms with van der Waals surface area (Å²) in [5.74, 6) is -0.550. The molecule has 0 spiro atoms. The molecule has 0 bridgehead atoms. The number of carbonyl (C=O) groups excluding carboxylic acids is 1. The van der Waals surface area contributed by atoms with E-state index in [-0.39, 0.29) is 4.90 Å². The Morgan fingerprint density at radius 2 is 1.50 bits per heavy atom. The molecule has 11 heteroatoms. The lowest BCUT2D eigenvalue weighted by molar-refractivity contribution is -0.114. The molecule has 0 radical (unpaired) electrons. The third kappa shape index (κ3) is 5.47. The summed E-state index contributed by atoms with van der Waals surface area (Å²) >= 11 is 0. The second kappa shape index (κ2) is 9.99. The fourth-order valence-corrected chi connectivity index (χ4v) is 5.97. The molecular formula is C21H28N4O5S2. The maximum Gasteiger partial charge on any atom is 0.304 e. The first-order chi connectivity index (χ1) is 15.1. The maximum absolute atomic E-state index is 12.8. The van der Waals surface area contributed by atoms with Crippen molar-refractivity contribution in [1.29, 1.82) is 0 Å². The summed E-state index contributed by atoms with van der Waals surface area (Å²) in [7, 11) is -4.67. The topological polar surface area (TPSA) is 107 Å². The quantitative estimate of drug-likeness (QED) is 0.623. The van der Waals surface area contributed by atoms with Gasteiger partial charge in [0.05, 0.1) is 10.6 Å². The molecule has 1 heterocycles. The van der Waals surface area contributed by atoms with Crippen LogP contribution < -0.4 is 9.62 Å². The number of hydrogen-bond donors (Lipinski definition) is 1. The Morgan fingerprint density at radius 3 is 2.06 bits per heavy atom. The summed E-state index contributed by atoms with van der Waals surface area (Å²) in [5, 5.41) is 2.64. The van der Waals surface area contributed by atoms with Gasteiger partial charge >= 0.3 is 10.2 Å². The second-order valence-corrected chi connectivity index (χ2v) is 11.7. The highest BCUT2D eigenvalue weighted by Crippen LogP contribution is 2.23. The van der Waals surface area contributed by atoms with Crippen LogP contribution in [0.15, 0.2) is 59.5 Å². The van der Waals surface area contributed by atoms with Crippen LogP contribution >= 0.6 is 0 Å². The van der Waals surface area contributed by atoms with Gasteiger partial charge in [-0.05, 0) is 49.2 Å². The number of sulfonamides is 1. The van der Waals surface area contributed by atoms with Crippen molar-refractivity contribution in [3.63, 3.8) is 0 Å². The van der Waals surface area contributed by atoms with Gasteiger partial charge in [0, 0.05) is 32.9 Å². The second-order valence-electron chi connectivity index (χ2n) is 7.67. The van der Waals surface area contributed by atoms with Gasteiger partial charge in [-0.25, -0.2) is 12.7 Å². The van der Waals surface area contributed by atoms with Crippen molar-refractivity contribution in [2.45, 2.75) is 24.2 Å². The van der Waals surface area contributed by atoms with Crippen molar-refractivity contribution in [3.05, 3.63) is 54.6 Å². The van der Waals surface area contributed by atoms with E-state index in [0.29, 0.717) is 24.5 Å². The molecule has 1 fully saturated rings. The first-order valence-corrected chi connectivity index (χ1v) is 13.1. The predicted octanol–water partition coefficient (Wildman–Crippen LogP) is 2.11. The Kier molecular flexibility index (Phi) is 7.55. The number of anilines is 2. The van der Waals surface area contributed by atoms with E-state index in [2.05, 4.69) is 5.32 Å². The number of para-hydroxylation sites is 1. The lowest BCUT2D eigenvalue weighted by Gasteiger charge is -2.27. The minimum absolute atomic E-state index is 0.165. The molecule has 1 amide bonds. The fourth-order valence-electron chi connectivity index (χ4n) is 3.39. The zero-order valence-electron chi connectivity index (χ0n) is 18.1. The molecule has 0 aromatic heterocycles. The summed E-state index contributed by atoms with van der Waals surface area (Å²) in [6, 6.07) is 14.2. The zero-order valence-corrected chi connectivity index (χ0v) is 19.8. The first-order valence-electron chi connectivity index (χ1n) is 10.3. The highest BCUT2D eigenvalue weighted by atomic mass is 32.2. The van der Waals surface area contributed by atoms with Gasteiger partial charge in [0.25, 0.3) is 0 Å². The molecule has 9 nitrogen and oxygen atoms in total. The molecule has 1 aliphatic rings. The standard InChI is InChI=1S/C21H28N4O5S2/c1-23(2)32(29,30)25(19-9-5-3-6-10-19)17-21(26)22-18-11-13-20(14-12-18)31(27,28)24-15-7-4-8-16-24/h3,5-6,9-14H,4,7-8,15-17H2,1-2H3,(H,22,26). The molecule has 1 aliphatic heterocycles. The van der Waals surface area contributed by atoms with Crippen molar-refractivity contribution in [2.75, 3.05) is 43.4 Å². The Balaban J connectivity index is 1.73. The van der Waals surface area contributed by atoms with E-state index in [1.807, 2.05) is 0 Å². The van der Waals surface area contributed by atoms with Gasteiger partial charge in [0.1, 0.15) is 6.54 Å². The molecule has 0 atom stereocenters. The monoisotopic (exact) mass is 480 g/mol. The Bertz CT molecular complexity index is 1130. The molecule has 2 aromatic carbocycles. The molecule has 174 valence electrons. The number of piperidine rings is 1. The molecule has 0 aliphatic carbocycles. The van der Waals surface area contributed by atoms with Gasteiger partial charge in [0.2, 0.25) is 15.9 Å². The Labute approximate surface area is 189 Å². The molecule has 2 aromatic rings. The largest absolute Gasteiger partial charge is 0.325 e. The minimum Gasteiger partial charge on any atom is -0.325 e. The number of benzene rings is 2. The van der Waals surface area contributed by atoms with Gasteiger partial charge in [-0.15, -0.1) is 0 Å². The lowest BCUT2D eigenvalue weighted by atomic mass is 10.2. The van der Waals surface area contributed by atoms with E-state index in [1.165, 1.54) is 42.7 Å². The smallest absolute Gasteiger partial charge is 0.304 e. The van der Waals surface area contributed by atoms with Gasteiger partial charge in [-0.1, -0.05) is 24.6 Å². The summed E-state index contributed by atoms with van der Waals surface area (Å²) < 4.78 is 54.5. The van der Waals surface area contributed by atoms with Gasteiger partial charge in [-0.3, -0.25) is 4.79 Å². The molecular weight excluding hydrogens is 452 g/mol. The summed E-state index contributed by atoms with van der Waals surface area (Å²) in [4.78, 5) is 12.8. The average Bonchev–Trinajstić information content (AvgIpc) is 2.79. The first kappa shape index (κ1) is 24.2. The number of amides is 1. The molecule has 0 unspecified atom stereocenters. The molecule has 1 saturated heterocycles. The molecule has 1 N–H and O–H groups in total. The van der Waals surface area contributed by atoms with Crippen molar-refractivity contribution >= 4 is 37.5 Å².